The lowest BCUT2D eigenvalue weighted by molar-refractivity contribution is 0.681. The highest BCUT2D eigenvalue weighted by Gasteiger charge is 2.16. The molecule has 0 fully saturated rings. The van der Waals surface area contributed by atoms with E-state index in [9.17, 15) is 0 Å². The van der Waals surface area contributed by atoms with E-state index in [1.807, 2.05) is 0 Å². The lowest BCUT2D eigenvalue weighted by Gasteiger charge is -2.20. The average Bonchev–Trinajstić information content (AvgIpc) is 2.27. The Hall–Kier alpha value is -0.600. The van der Waals surface area contributed by atoms with Gasteiger partial charge in [-0.2, -0.15) is 0 Å². The molecular weight excluding hydrogens is 250 g/mol. The fraction of sp³-hybridized carbons (Fsp3) is 0.500. The standard InChI is InChI=1S/C14H18ClNS/c1-9(6-14(16)17)12-7-10-4-2-3-5-11(10)8-13(12)15/h7-9H,2-6H2,1H3,(H2,16,17). The zero-order valence-corrected chi connectivity index (χ0v) is 11.7. The van der Waals surface area contributed by atoms with Crippen LogP contribution in [-0.2, 0) is 12.8 Å². The van der Waals surface area contributed by atoms with Gasteiger partial charge in [-0.25, -0.2) is 0 Å². The summed E-state index contributed by atoms with van der Waals surface area (Å²) in [7, 11) is 0. The summed E-state index contributed by atoms with van der Waals surface area (Å²) >= 11 is 11.3. The molecule has 1 unspecified atom stereocenters. The predicted molar refractivity (Wildman–Crippen MR) is 77.9 cm³/mol. The number of nitrogens with two attached hydrogens (primary N) is 1. The van der Waals surface area contributed by atoms with Crippen molar-refractivity contribution in [1.82, 2.24) is 0 Å². The fourth-order valence-electron chi connectivity index (χ4n) is 2.56. The van der Waals surface area contributed by atoms with E-state index >= 15 is 0 Å². The highest BCUT2D eigenvalue weighted by atomic mass is 35.5. The van der Waals surface area contributed by atoms with Gasteiger partial charge in [0, 0.05) is 11.4 Å². The lowest BCUT2D eigenvalue weighted by atomic mass is 9.87. The summed E-state index contributed by atoms with van der Waals surface area (Å²) < 4.78 is 0. The van der Waals surface area contributed by atoms with Gasteiger partial charge in [0.1, 0.15) is 0 Å². The van der Waals surface area contributed by atoms with Crippen LogP contribution in [0.5, 0.6) is 0 Å². The normalized spacial score (nSPS) is 16.4. The van der Waals surface area contributed by atoms with E-state index in [4.69, 9.17) is 29.6 Å². The van der Waals surface area contributed by atoms with Crippen LogP contribution in [-0.4, -0.2) is 4.99 Å². The third-order valence-electron chi connectivity index (χ3n) is 3.50. The van der Waals surface area contributed by atoms with Gasteiger partial charge in [0.15, 0.2) is 0 Å². The Bertz CT molecular complexity index is 442. The maximum absolute atomic E-state index is 6.36. The van der Waals surface area contributed by atoms with Crippen LogP contribution in [0.2, 0.25) is 5.02 Å². The zero-order chi connectivity index (χ0) is 12.4. The Morgan fingerprint density at radius 2 is 1.94 bits per heavy atom. The Balaban J connectivity index is 2.31. The zero-order valence-electron chi connectivity index (χ0n) is 10.1. The quantitative estimate of drug-likeness (QED) is 0.838. The second kappa shape index (κ2) is 5.36. The summed E-state index contributed by atoms with van der Waals surface area (Å²) in [6.07, 6.45) is 5.65. The number of benzene rings is 1. The molecule has 0 bridgehead atoms. The minimum absolute atomic E-state index is 0.312. The molecule has 1 aromatic rings. The number of hydrogen-bond donors (Lipinski definition) is 1. The Morgan fingerprint density at radius 1 is 1.35 bits per heavy atom. The molecule has 0 radical (unpaired) electrons. The molecule has 2 rings (SSSR count). The maximum Gasteiger partial charge on any atom is 0.0733 e. The predicted octanol–water partition coefficient (Wildman–Crippen LogP) is 4.00. The monoisotopic (exact) mass is 267 g/mol. The first-order chi connectivity index (χ1) is 8.08. The molecule has 17 heavy (non-hydrogen) atoms. The van der Waals surface area contributed by atoms with Gasteiger partial charge in [-0.1, -0.05) is 36.8 Å². The molecule has 0 amide bonds. The summed E-state index contributed by atoms with van der Waals surface area (Å²) in [4.78, 5) is 0.561. The first kappa shape index (κ1) is 12.8. The first-order valence-corrected chi connectivity index (χ1v) is 6.96. The van der Waals surface area contributed by atoms with Gasteiger partial charge in [-0.3, -0.25) is 0 Å². The van der Waals surface area contributed by atoms with Gasteiger partial charge in [0.25, 0.3) is 0 Å². The van der Waals surface area contributed by atoms with E-state index < -0.39 is 0 Å². The molecule has 0 saturated carbocycles. The van der Waals surface area contributed by atoms with Crippen LogP contribution in [0, 0.1) is 0 Å². The molecule has 1 aliphatic carbocycles. The van der Waals surface area contributed by atoms with E-state index in [0.29, 0.717) is 10.9 Å². The Kier molecular flexibility index (Phi) is 4.05. The Morgan fingerprint density at radius 3 is 2.53 bits per heavy atom. The van der Waals surface area contributed by atoms with Crippen LogP contribution in [0.1, 0.15) is 48.8 Å². The van der Waals surface area contributed by atoms with Gasteiger partial charge in [0.2, 0.25) is 0 Å². The second-order valence-corrected chi connectivity index (χ2v) is 5.85. The van der Waals surface area contributed by atoms with E-state index in [2.05, 4.69) is 19.1 Å². The van der Waals surface area contributed by atoms with Crippen molar-refractivity contribution < 1.29 is 0 Å². The van der Waals surface area contributed by atoms with E-state index in [-0.39, 0.29) is 0 Å². The van der Waals surface area contributed by atoms with E-state index in [1.165, 1.54) is 42.4 Å². The number of aryl methyl sites for hydroxylation is 2. The minimum atomic E-state index is 0.312. The number of hydrogen-bond acceptors (Lipinski definition) is 1. The molecule has 1 aromatic carbocycles. The van der Waals surface area contributed by atoms with Crippen LogP contribution in [0.3, 0.4) is 0 Å². The number of fused-ring (bicyclic) bond motifs is 1. The summed E-state index contributed by atoms with van der Waals surface area (Å²) in [5.74, 6) is 0.312. The molecule has 0 heterocycles. The summed E-state index contributed by atoms with van der Waals surface area (Å²) in [5.41, 5.74) is 9.69. The average molecular weight is 268 g/mol. The van der Waals surface area contributed by atoms with Gasteiger partial charge >= 0.3 is 0 Å². The number of rotatable bonds is 3. The largest absolute Gasteiger partial charge is 0.393 e. The van der Waals surface area contributed by atoms with Crippen LogP contribution >= 0.6 is 23.8 Å². The van der Waals surface area contributed by atoms with Crippen molar-refractivity contribution in [2.45, 2.75) is 44.9 Å². The molecule has 1 aliphatic rings. The molecule has 0 aliphatic heterocycles. The molecule has 3 heteroatoms. The molecule has 0 aromatic heterocycles. The summed E-state index contributed by atoms with van der Waals surface area (Å²) in [5, 5.41) is 0.870. The maximum atomic E-state index is 6.36. The topological polar surface area (TPSA) is 26.0 Å². The second-order valence-electron chi connectivity index (χ2n) is 4.92. The van der Waals surface area contributed by atoms with Crippen LogP contribution in [0.25, 0.3) is 0 Å². The minimum Gasteiger partial charge on any atom is -0.393 e. The van der Waals surface area contributed by atoms with Crippen LogP contribution in [0.15, 0.2) is 12.1 Å². The highest BCUT2D eigenvalue weighted by Crippen LogP contribution is 2.32. The van der Waals surface area contributed by atoms with Crippen LogP contribution < -0.4 is 5.73 Å². The van der Waals surface area contributed by atoms with Gasteiger partial charge < -0.3 is 5.73 Å². The van der Waals surface area contributed by atoms with Crippen molar-refractivity contribution in [1.29, 1.82) is 0 Å². The smallest absolute Gasteiger partial charge is 0.0733 e. The fourth-order valence-corrected chi connectivity index (χ4v) is 3.19. The molecule has 92 valence electrons. The SMILES string of the molecule is CC(CC(N)=S)c1cc2c(cc1Cl)CCCC2. The van der Waals surface area contributed by atoms with Gasteiger partial charge in [0.05, 0.1) is 4.99 Å². The van der Waals surface area contributed by atoms with Crippen molar-refractivity contribution >= 4 is 28.8 Å². The number of halogens is 1. The van der Waals surface area contributed by atoms with Crippen molar-refractivity contribution in [3.8, 4) is 0 Å². The number of thiocarbonyl (C=S) groups is 1. The third-order valence-corrected chi connectivity index (χ3v) is 3.99. The van der Waals surface area contributed by atoms with Crippen LogP contribution in [0.4, 0.5) is 0 Å². The molecule has 0 spiro atoms. The van der Waals surface area contributed by atoms with Crippen molar-refractivity contribution in [2.75, 3.05) is 0 Å². The molecule has 1 nitrogen and oxygen atoms in total. The van der Waals surface area contributed by atoms with Crippen molar-refractivity contribution in [3.63, 3.8) is 0 Å². The molecule has 2 N–H and O–H groups in total. The van der Waals surface area contributed by atoms with Gasteiger partial charge in [-0.05, 0) is 54.4 Å². The van der Waals surface area contributed by atoms with E-state index in [1.54, 1.807) is 0 Å². The van der Waals surface area contributed by atoms with E-state index in [0.717, 1.165) is 11.4 Å². The molecule has 0 saturated heterocycles. The summed E-state index contributed by atoms with van der Waals surface area (Å²) in [6, 6.07) is 4.40. The lowest BCUT2D eigenvalue weighted by Crippen LogP contribution is -2.12. The van der Waals surface area contributed by atoms with Crippen molar-refractivity contribution in [2.24, 2.45) is 5.73 Å². The summed E-state index contributed by atoms with van der Waals surface area (Å²) in [6.45, 7) is 2.13. The van der Waals surface area contributed by atoms with Crippen molar-refractivity contribution in [3.05, 3.63) is 33.8 Å². The molecule has 1 atom stereocenters. The molecular formula is C14H18ClNS. The Labute approximate surface area is 113 Å². The highest BCUT2D eigenvalue weighted by molar-refractivity contribution is 7.80. The first-order valence-electron chi connectivity index (χ1n) is 6.17. The third kappa shape index (κ3) is 2.99. The van der Waals surface area contributed by atoms with Gasteiger partial charge in [-0.15, -0.1) is 0 Å².